The van der Waals surface area contributed by atoms with Crippen LogP contribution in [0.1, 0.15) is 39.5 Å². The molecule has 2 aliphatic rings. The van der Waals surface area contributed by atoms with Gasteiger partial charge in [-0.25, -0.2) is 0 Å². The van der Waals surface area contributed by atoms with Gasteiger partial charge in [0.2, 0.25) is 0 Å². The first-order chi connectivity index (χ1) is 6.08. The predicted molar refractivity (Wildman–Crippen MR) is 53.4 cm³/mol. The third-order valence-corrected chi connectivity index (χ3v) is 3.53. The van der Waals surface area contributed by atoms with Crippen molar-refractivity contribution in [1.29, 1.82) is 0 Å². The number of ketones is 1. The predicted octanol–water partition coefficient (Wildman–Crippen LogP) is 2.96. The molecule has 0 aromatic rings. The van der Waals surface area contributed by atoms with E-state index in [1.54, 1.807) is 0 Å². The average Bonchev–Trinajstić information content (AvgIpc) is 1.93. The summed E-state index contributed by atoms with van der Waals surface area (Å²) in [5, 5.41) is 0. The SMILES string of the molecule is CC1(C)C=CC(=O)C(C2CCC2)C1. The second kappa shape index (κ2) is 2.97. The molecule has 0 N–H and O–H groups in total. The van der Waals surface area contributed by atoms with Crippen molar-refractivity contribution in [1.82, 2.24) is 0 Å². The summed E-state index contributed by atoms with van der Waals surface area (Å²) < 4.78 is 0. The molecule has 0 aromatic carbocycles. The topological polar surface area (TPSA) is 17.1 Å². The van der Waals surface area contributed by atoms with Crippen LogP contribution in [0.4, 0.5) is 0 Å². The van der Waals surface area contributed by atoms with Gasteiger partial charge in [-0.3, -0.25) is 4.79 Å². The summed E-state index contributed by atoms with van der Waals surface area (Å²) in [7, 11) is 0. The summed E-state index contributed by atoms with van der Waals surface area (Å²) in [4.78, 5) is 11.6. The smallest absolute Gasteiger partial charge is 0.158 e. The van der Waals surface area contributed by atoms with Crippen LogP contribution in [-0.4, -0.2) is 5.78 Å². The third-order valence-electron chi connectivity index (χ3n) is 3.53. The molecule has 0 heterocycles. The van der Waals surface area contributed by atoms with Gasteiger partial charge in [-0.2, -0.15) is 0 Å². The van der Waals surface area contributed by atoms with Crippen molar-refractivity contribution >= 4 is 5.78 Å². The molecule has 0 amide bonds. The summed E-state index contributed by atoms with van der Waals surface area (Å²) in [5.41, 5.74) is 0.244. The summed E-state index contributed by atoms with van der Waals surface area (Å²) >= 11 is 0. The van der Waals surface area contributed by atoms with Crippen LogP contribution in [0, 0.1) is 17.3 Å². The lowest BCUT2D eigenvalue weighted by atomic mass is 9.65. The normalized spacial score (nSPS) is 33.1. The number of hydrogen-bond acceptors (Lipinski definition) is 1. The zero-order valence-corrected chi connectivity index (χ0v) is 8.55. The maximum atomic E-state index is 11.6. The summed E-state index contributed by atoms with van der Waals surface area (Å²) in [6.45, 7) is 4.45. The van der Waals surface area contributed by atoms with E-state index < -0.39 is 0 Å². The van der Waals surface area contributed by atoms with Crippen LogP contribution in [0.25, 0.3) is 0 Å². The van der Waals surface area contributed by atoms with Crippen LogP contribution >= 0.6 is 0 Å². The van der Waals surface area contributed by atoms with Gasteiger partial charge in [0, 0.05) is 5.92 Å². The second-order valence-electron chi connectivity index (χ2n) is 5.23. The van der Waals surface area contributed by atoms with E-state index in [1.165, 1.54) is 19.3 Å². The van der Waals surface area contributed by atoms with Crippen LogP contribution in [0.15, 0.2) is 12.2 Å². The molecular formula is C12H18O. The first-order valence-electron chi connectivity index (χ1n) is 5.32. The Labute approximate surface area is 80.2 Å². The fourth-order valence-corrected chi connectivity index (χ4v) is 2.41. The molecule has 0 aliphatic heterocycles. The van der Waals surface area contributed by atoms with Gasteiger partial charge >= 0.3 is 0 Å². The Hall–Kier alpha value is -0.590. The molecule has 1 heteroatoms. The van der Waals surface area contributed by atoms with Crippen molar-refractivity contribution in [3.8, 4) is 0 Å². The fourth-order valence-electron chi connectivity index (χ4n) is 2.41. The molecule has 72 valence electrons. The Kier molecular flexibility index (Phi) is 2.05. The molecule has 1 atom stereocenters. The molecule has 0 aromatic heterocycles. The monoisotopic (exact) mass is 178 g/mol. The van der Waals surface area contributed by atoms with Crippen molar-refractivity contribution in [3.63, 3.8) is 0 Å². The summed E-state index contributed by atoms with van der Waals surface area (Å²) in [5.74, 6) is 1.43. The van der Waals surface area contributed by atoms with Gasteiger partial charge in [-0.05, 0) is 36.7 Å². The fraction of sp³-hybridized carbons (Fsp3) is 0.750. The highest BCUT2D eigenvalue weighted by atomic mass is 16.1. The molecule has 0 saturated heterocycles. The molecule has 0 bridgehead atoms. The molecule has 13 heavy (non-hydrogen) atoms. The first-order valence-corrected chi connectivity index (χ1v) is 5.32. The molecule has 1 fully saturated rings. The van der Waals surface area contributed by atoms with Crippen molar-refractivity contribution in [3.05, 3.63) is 12.2 Å². The molecule has 1 saturated carbocycles. The van der Waals surface area contributed by atoms with Gasteiger partial charge in [-0.1, -0.05) is 26.3 Å². The number of rotatable bonds is 1. The highest BCUT2D eigenvalue weighted by molar-refractivity contribution is 5.93. The zero-order chi connectivity index (χ0) is 9.47. The van der Waals surface area contributed by atoms with Crippen molar-refractivity contribution in [2.45, 2.75) is 39.5 Å². The van der Waals surface area contributed by atoms with Crippen molar-refractivity contribution in [2.75, 3.05) is 0 Å². The molecule has 0 spiro atoms. The number of carbonyl (C=O) groups excluding carboxylic acids is 1. The van der Waals surface area contributed by atoms with E-state index in [4.69, 9.17) is 0 Å². The standard InChI is InChI=1S/C12H18O/c1-12(2)7-6-11(13)10(8-12)9-4-3-5-9/h6-7,9-10H,3-5,8H2,1-2H3. The Morgan fingerprint density at radius 1 is 1.38 bits per heavy atom. The van der Waals surface area contributed by atoms with Crippen molar-refractivity contribution < 1.29 is 4.79 Å². The van der Waals surface area contributed by atoms with E-state index in [0.717, 1.165) is 6.42 Å². The largest absolute Gasteiger partial charge is 0.295 e. The van der Waals surface area contributed by atoms with Gasteiger partial charge in [0.05, 0.1) is 0 Å². The third kappa shape index (κ3) is 1.70. The highest BCUT2D eigenvalue weighted by Crippen LogP contribution is 2.42. The van der Waals surface area contributed by atoms with Gasteiger partial charge in [0.15, 0.2) is 5.78 Å². The Balaban J connectivity index is 2.11. The molecular weight excluding hydrogens is 160 g/mol. The van der Waals surface area contributed by atoms with Crippen LogP contribution in [0.3, 0.4) is 0 Å². The van der Waals surface area contributed by atoms with E-state index in [9.17, 15) is 4.79 Å². The Morgan fingerprint density at radius 2 is 2.08 bits per heavy atom. The average molecular weight is 178 g/mol. The van der Waals surface area contributed by atoms with Gasteiger partial charge in [-0.15, -0.1) is 0 Å². The van der Waals surface area contributed by atoms with E-state index in [0.29, 0.717) is 17.6 Å². The van der Waals surface area contributed by atoms with E-state index in [2.05, 4.69) is 19.9 Å². The molecule has 2 rings (SSSR count). The lowest BCUT2D eigenvalue weighted by Crippen LogP contribution is -2.34. The van der Waals surface area contributed by atoms with E-state index in [1.807, 2.05) is 6.08 Å². The number of hydrogen-bond donors (Lipinski definition) is 0. The molecule has 1 nitrogen and oxygen atoms in total. The van der Waals surface area contributed by atoms with Gasteiger partial charge in [0.25, 0.3) is 0 Å². The molecule has 0 radical (unpaired) electrons. The quantitative estimate of drug-likeness (QED) is 0.603. The maximum absolute atomic E-state index is 11.6. The van der Waals surface area contributed by atoms with Crippen LogP contribution in [-0.2, 0) is 4.79 Å². The maximum Gasteiger partial charge on any atom is 0.158 e. The minimum absolute atomic E-state index is 0.244. The minimum Gasteiger partial charge on any atom is -0.295 e. The Bertz CT molecular complexity index is 246. The van der Waals surface area contributed by atoms with Crippen molar-refractivity contribution in [2.24, 2.45) is 17.3 Å². The lowest BCUT2D eigenvalue weighted by molar-refractivity contribution is -0.122. The summed E-state index contributed by atoms with van der Waals surface area (Å²) in [6.07, 6.45) is 8.84. The molecule has 1 unspecified atom stereocenters. The molecule has 2 aliphatic carbocycles. The first kappa shape index (κ1) is 8.98. The number of carbonyl (C=O) groups is 1. The second-order valence-corrected chi connectivity index (χ2v) is 5.23. The van der Waals surface area contributed by atoms with Crippen LogP contribution in [0.2, 0.25) is 0 Å². The Morgan fingerprint density at radius 3 is 2.62 bits per heavy atom. The van der Waals surface area contributed by atoms with E-state index in [-0.39, 0.29) is 5.41 Å². The summed E-state index contributed by atoms with van der Waals surface area (Å²) in [6, 6.07) is 0. The zero-order valence-electron chi connectivity index (χ0n) is 8.55. The van der Waals surface area contributed by atoms with Crippen LogP contribution in [0.5, 0.6) is 0 Å². The van der Waals surface area contributed by atoms with Crippen LogP contribution < -0.4 is 0 Å². The lowest BCUT2D eigenvalue weighted by Gasteiger charge is -2.38. The van der Waals surface area contributed by atoms with Gasteiger partial charge in [0.1, 0.15) is 0 Å². The number of allylic oxidation sites excluding steroid dienone is 2. The van der Waals surface area contributed by atoms with E-state index >= 15 is 0 Å². The highest BCUT2D eigenvalue weighted by Gasteiger charge is 2.37. The minimum atomic E-state index is 0.244. The van der Waals surface area contributed by atoms with Gasteiger partial charge < -0.3 is 0 Å².